The molecule has 0 heterocycles. The van der Waals surface area contributed by atoms with Crippen LogP contribution in [-0.2, 0) is 32.7 Å². The van der Waals surface area contributed by atoms with Crippen LogP contribution in [0.1, 0.15) is 155 Å². The molecule has 10 heteroatoms. The second-order valence-electron chi connectivity index (χ2n) is 11.4. The summed E-state index contributed by atoms with van der Waals surface area (Å²) in [4.78, 5) is 34.5. The van der Waals surface area contributed by atoms with E-state index in [2.05, 4.69) is 26.0 Å². The summed E-state index contributed by atoms with van der Waals surface area (Å²) >= 11 is 0. The fourth-order valence-corrected chi connectivity index (χ4v) is 5.32. The molecule has 0 saturated carbocycles. The summed E-state index contributed by atoms with van der Waals surface area (Å²) in [6.07, 6.45) is 26.7. The number of hydrogen-bond donors (Lipinski definition) is 2. The Morgan fingerprint density at radius 3 is 1.72 bits per heavy atom. The zero-order chi connectivity index (χ0) is 31.9. The first-order valence-electron chi connectivity index (χ1n) is 17.2. The molecule has 0 radical (unpaired) electrons. The van der Waals surface area contributed by atoms with Crippen LogP contribution in [0.2, 0.25) is 0 Å². The Morgan fingerprint density at radius 1 is 0.674 bits per heavy atom. The minimum absolute atomic E-state index is 0.0542. The smallest absolute Gasteiger partial charge is 0.462 e. The Morgan fingerprint density at radius 2 is 1.16 bits per heavy atom. The second kappa shape index (κ2) is 30.8. The van der Waals surface area contributed by atoms with Gasteiger partial charge in [0, 0.05) is 19.4 Å². The maximum absolute atomic E-state index is 12.4. The summed E-state index contributed by atoms with van der Waals surface area (Å²) in [5.74, 6) is -0.840. The molecule has 3 N–H and O–H groups in total. The summed E-state index contributed by atoms with van der Waals surface area (Å²) in [6, 6.07) is 0. The van der Waals surface area contributed by atoms with Crippen molar-refractivity contribution in [2.24, 2.45) is 5.73 Å². The highest BCUT2D eigenvalue weighted by Crippen LogP contribution is 2.43. The van der Waals surface area contributed by atoms with Crippen LogP contribution in [-0.4, -0.2) is 49.3 Å². The lowest BCUT2D eigenvalue weighted by atomic mass is 10.1. The van der Waals surface area contributed by atoms with E-state index in [0.717, 1.165) is 57.8 Å². The van der Waals surface area contributed by atoms with E-state index in [1.54, 1.807) is 0 Å². The van der Waals surface area contributed by atoms with E-state index in [1.807, 2.05) is 0 Å². The standard InChI is InChI=1S/C33H64NO8P/c1-3-5-7-9-11-13-15-17-19-21-23-25-32(35)39-29-31(30-41-43(37,38)40-28-27-34)42-33(36)26-24-22-20-18-16-14-12-10-8-6-4-2/h10,12,31H,3-9,11,13-30,34H2,1-2H3,(H,37,38). The molecule has 2 unspecified atom stereocenters. The van der Waals surface area contributed by atoms with Crippen LogP contribution in [0.5, 0.6) is 0 Å². The molecule has 0 spiro atoms. The first-order valence-corrected chi connectivity index (χ1v) is 18.7. The molecule has 9 nitrogen and oxygen atoms in total. The molecular formula is C33H64NO8P. The summed E-state index contributed by atoms with van der Waals surface area (Å²) in [5, 5.41) is 0. The molecule has 0 amide bonds. The molecule has 0 aliphatic carbocycles. The summed E-state index contributed by atoms with van der Waals surface area (Å²) in [5.41, 5.74) is 5.31. The summed E-state index contributed by atoms with van der Waals surface area (Å²) in [7, 11) is -4.36. The Bertz CT molecular complexity index is 734. The van der Waals surface area contributed by atoms with Crippen LogP contribution in [0.4, 0.5) is 0 Å². The molecule has 0 aromatic rings. The van der Waals surface area contributed by atoms with Gasteiger partial charge >= 0.3 is 19.8 Å². The largest absolute Gasteiger partial charge is 0.472 e. The molecule has 0 bridgehead atoms. The van der Waals surface area contributed by atoms with Crippen LogP contribution in [0.3, 0.4) is 0 Å². The number of allylic oxidation sites excluding steroid dienone is 2. The molecule has 0 aromatic heterocycles. The van der Waals surface area contributed by atoms with Crippen molar-refractivity contribution in [2.75, 3.05) is 26.4 Å². The number of carbonyl (C=O) groups excluding carboxylic acids is 2. The Hall–Kier alpha value is -1.25. The lowest BCUT2D eigenvalue weighted by Crippen LogP contribution is -2.29. The number of rotatable bonds is 32. The van der Waals surface area contributed by atoms with Crippen molar-refractivity contribution in [2.45, 2.75) is 161 Å². The van der Waals surface area contributed by atoms with Gasteiger partial charge in [0.05, 0.1) is 13.2 Å². The fraction of sp³-hybridized carbons (Fsp3) is 0.879. The number of nitrogens with two attached hydrogens (primary N) is 1. The molecule has 2 atom stereocenters. The zero-order valence-corrected chi connectivity index (χ0v) is 28.3. The van der Waals surface area contributed by atoms with Crippen LogP contribution in [0.15, 0.2) is 12.2 Å². The maximum atomic E-state index is 12.4. The first-order chi connectivity index (χ1) is 20.8. The van der Waals surface area contributed by atoms with Crippen molar-refractivity contribution in [3.63, 3.8) is 0 Å². The fourth-order valence-electron chi connectivity index (χ4n) is 4.55. The highest BCUT2D eigenvalue weighted by atomic mass is 31.2. The van der Waals surface area contributed by atoms with E-state index in [4.69, 9.17) is 24.3 Å². The number of unbranched alkanes of at least 4 members (excludes halogenated alkanes) is 17. The Kier molecular flexibility index (Phi) is 29.9. The van der Waals surface area contributed by atoms with Crippen LogP contribution >= 0.6 is 7.82 Å². The number of phosphoric acid groups is 1. The number of esters is 2. The van der Waals surface area contributed by atoms with Gasteiger partial charge in [-0.15, -0.1) is 0 Å². The predicted molar refractivity (Wildman–Crippen MR) is 174 cm³/mol. The summed E-state index contributed by atoms with van der Waals surface area (Å²) in [6.45, 7) is 3.65. The highest BCUT2D eigenvalue weighted by molar-refractivity contribution is 7.47. The Balaban J connectivity index is 4.29. The van der Waals surface area contributed by atoms with Crippen LogP contribution in [0.25, 0.3) is 0 Å². The van der Waals surface area contributed by atoms with E-state index in [-0.39, 0.29) is 38.6 Å². The number of hydrogen-bond acceptors (Lipinski definition) is 8. The third-order valence-electron chi connectivity index (χ3n) is 7.15. The highest BCUT2D eigenvalue weighted by Gasteiger charge is 2.25. The van der Waals surface area contributed by atoms with Gasteiger partial charge in [-0.1, -0.05) is 122 Å². The van der Waals surface area contributed by atoms with Gasteiger partial charge in [0.15, 0.2) is 6.10 Å². The molecule has 0 aliphatic heterocycles. The minimum Gasteiger partial charge on any atom is -0.462 e. The number of carbonyl (C=O) groups is 2. The SMILES string of the molecule is CCCCC=CCCCCCCCC(=O)OC(COC(=O)CCCCCCCCCCCCC)COP(=O)(O)OCCN. The third-order valence-corrected chi connectivity index (χ3v) is 8.14. The molecule has 0 fully saturated rings. The van der Waals surface area contributed by atoms with Crippen molar-refractivity contribution < 1.29 is 37.6 Å². The summed E-state index contributed by atoms with van der Waals surface area (Å²) < 4.78 is 32.5. The van der Waals surface area contributed by atoms with Crippen LogP contribution in [0, 0.1) is 0 Å². The molecular weight excluding hydrogens is 569 g/mol. The molecule has 0 aliphatic rings. The molecule has 254 valence electrons. The quantitative estimate of drug-likeness (QED) is 0.0323. The van der Waals surface area contributed by atoms with E-state index in [0.29, 0.717) is 6.42 Å². The topological polar surface area (TPSA) is 134 Å². The van der Waals surface area contributed by atoms with Gasteiger partial charge in [0.25, 0.3) is 0 Å². The average Bonchev–Trinajstić information content (AvgIpc) is 2.99. The van der Waals surface area contributed by atoms with Gasteiger partial charge in [-0.05, 0) is 32.1 Å². The third kappa shape index (κ3) is 30.6. The van der Waals surface area contributed by atoms with Gasteiger partial charge in [-0.3, -0.25) is 18.6 Å². The zero-order valence-electron chi connectivity index (χ0n) is 27.4. The van der Waals surface area contributed by atoms with Gasteiger partial charge in [-0.25, -0.2) is 4.57 Å². The molecule has 0 rings (SSSR count). The van der Waals surface area contributed by atoms with Gasteiger partial charge < -0.3 is 20.1 Å². The first kappa shape index (κ1) is 41.8. The van der Waals surface area contributed by atoms with Gasteiger partial charge in [0.1, 0.15) is 6.61 Å². The van der Waals surface area contributed by atoms with Crippen LogP contribution < -0.4 is 5.73 Å². The van der Waals surface area contributed by atoms with E-state index in [9.17, 15) is 19.0 Å². The van der Waals surface area contributed by atoms with E-state index in [1.165, 1.54) is 64.2 Å². The Labute approximate surface area is 262 Å². The minimum atomic E-state index is -4.36. The molecule has 43 heavy (non-hydrogen) atoms. The molecule has 0 aromatic carbocycles. The van der Waals surface area contributed by atoms with Crippen molar-refractivity contribution in [1.82, 2.24) is 0 Å². The maximum Gasteiger partial charge on any atom is 0.472 e. The predicted octanol–water partition coefficient (Wildman–Crippen LogP) is 8.71. The second-order valence-corrected chi connectivity index (χ2v) is 12.8. The average molecular weight is 634 g/mol. The van der Waals surface area contributed by atoms with Crippen molar-refractivity contribution >= 4 is 19.8 Å². The van der Waals surface area contributed by atoms with Gasteiger partial charge in [0.2, 0.25) is 0 Å². The number of ether oxygens (including phenoxy) is 2. The van der Waals surface area contributed by atoms with Crippen molar-refractivity contribution in [1.29, 1.82) is 0 Å². The van der Waals surface area contributed by atoms with Crippen molar-refractivity contribution in [3.8, 4) is 0 Å². The lowest BCUT2D eigenvalue weighted by molar-refractivity contribution is -0.161. The van der Waals surface area contributed by atoms with E-state index >= 15 is 0 Å². The lowest BCUT2D eigenvalue weighted by Gasteiger charge is -2.19. The monoisotopic (exact) mass is 633 g/mol. The normalized spacial score (nSPS) is 13.7. The molecule has 0 saturated heterocycles. The van der Waals surface area contributed by atoms with Gasteiger partial charge in [-0.2, -0.15) is 0 Å². The number of phosphoric ester groups is 1. The van der Waals surface area contributed by atoms with E-state index < -0.39 is 26.5 Å². The van der Waals surface area contributed by atoms with Crippen molar-refractivity contribution in [3.05, 3.63) is 12.2 Å².